The van der Waals surface area contributed by atoms with Gasteiger partial charge < -0.3 is 14.8 Å². The first-order chi connectivity index (χ1) is 15.0. The van der Waals surface area contributed by atoms with Crippen LogP contribution in [0.25, 0.3) is 21.1 Å². The van der Waals surface area contributed by atoms with Gasteiger partial charge in [-0.15, -0.1) is 11.3 Å². The van der Waals surface area contributed by atoms with E-state index in [-0.39, 0.29) is 6.04 Å². The number of benzene rings is 1. The molecular formula is C22H20ClN7S. The van der Waals surface area contributed by atoms with Crippen molar-refractivity contribution in [1.29, 1.82) is 0 Å². The van der Waals surface area contributed by atoms with E-state index in [1.54, 1.807) is 24.0 Å². The second kappa shape index (κ2) is 7.79. The van der Waals surface area contributed by atoms with Crippen molar-refractivity contribution >= 4 is 61.5 Å². The van der Waals surface area contributed by atoms with Crippen molar-refractivity contribution < 1.29 is 0 Å². The highest BCUT2D eigenvalue weighted by atomic mass is 35.5. The maximum atomic E-state index is 6.47. The standard InChI is InChI=1S/C22H20ClN7S/c1-13(27-20-15-7-8-31-22(15)25-11-24-20)16-9-14-5-4-6-17(23)19(14)28-21(16)30(3)18-10-29(2)12-26-18/h4-13H,1-3H3,(H,24,25,27)/t13-/m0/s1. The SMILES string of the molecule is C[C@H](Nc1ncnc2sccc12)c1cc2cccc(Cl)c2nc1N(C)c1cn(C)cn1. The molecule has 5 rings (SSSR count). The zero-order valence-electron chi connectivity index (χ0n) is 17.2. The summed E-state index contributed by atoms with van der Waals surface area (Å²) in [5, 5.41) is 8.19. The lowest BCUT2D eigenvalue weighted by Crippen LogP contribution is -2.18. The first-order valence-corrected chi connectivity index (χ1v) is 11.0. The maximum Gasteiger partial charge on any atom is 0.152 e. The lowest BCUT2D eigenvalue weighted by molar-refractivity contribution is 0.863. The molecule has 0 radical (unpaired) electrons. The van der Waals surface area contributed by atoms with Crippen LogP contribution < -0.4 is 10.2 Å². The Balaban J connectivity index is 1.62. The van der Waals surface area contributed by atoms with Gasteiger partial charge in [-0.3, -0.25) is 0 Å². The second-order valence-electron chi connectivity index (χ2n) is 7.40. The van der Waals surface area contributed by atoms with E-state index >= 15 is 0 Å². The van der Waals surface area contributed by atoms with Gasteiger partial charge >= 0.3 is 0 Å². The molecule has 0 aliphatic rings. The summed E-state index contributed by atoms with van der Waals surface area (Å²) in [6.45, 7) is 2.10. The molecule has 0 spiro atoms. The van der Waals surface area contributed by atoms with E-state index in [0.29, 0.717) is 5.02 Å². The minimum Gasteiger partial charge on any atom is -0.363 e. The molecule has 4 aromatic heterocycles. The quantitative estimate of drug-likeness (QED) is 0.378. The van der Waals surface area contributed by atoms with E-state index in [4.69, 9.17) is 16.6 Å². The number of pyridine rings is 1. The molecule has 0 fully saturated rings. The summed E-state index contributed by atoms with van der Waals surface area (Å²) in [6, 6.07) is 9.92. The van der Waals surface area contributed by atoms with Gasteiger partial charge in [0, 0.05) is 31.2 Å². The minimum absolute atomic E-state index is 0.0740. The number of halogens is 1. The van der Waals surface area contributed by atoms with E-state index in [0.717, 1.165) is 44.1 Å². The predicted octanol–water partition coefficient (Wildman–Crippen LogP) is 5.57. The van der Waals surface area contributed by atoms with Crippen LogP contribution >= 0.6 is 22.9 Å². The van der Waals surface area contributed by atoms with Crippen LogP contribution in [0.1, 0.15) is 18.5 Å². The monoisotopic (exact) mass is 449 g/mol. The van der Waals surface area contributed by atoms with Crippen LogP contribution in [0.15, 0.2) is 54.6 Å². The molecule has 0 aliphatic heterocycles. The lowest BCUT2D eigenvalue weighted by atomic mass is 10.1. The van der Waals surface area contributed by atoms with Crippen molar-refractivity contribution in [3.05, 3.63) is 65.1 Å². The van der Waals surface area contributed by atoms with Crippen LogP contribution in [0.4, 0.5) is 17.5 Å². The average Bonchev–Trinajstić information content (AvgIpc) is 3.42. The van der Waals surface area contributed by atoms with Gasteiger partial charge in [-0.1, -0.05) is 23.7 Å². The summed E-state index contributed by atoms with van der Waals surface area (Å²) in [5.74, 6) is 2.39. The normalized spacial score (nSPS) is 12.4. The van der Waals surface area contributed by atoms with E-state index in [2.05, 4.69) is 33.3 Å². The molecule has 0 unspecified atom stereocenters. The lowest BCUT2D eigenvalue weighted by Gasteiger charge is -2.24. The number of imidazole rings is 1. The third-order valence-electron chi connectivity index (χ3n) is 5.24. The van der Waals surface area contributed by atoms with Crippen LogP contribution in [-0.2, 0) is 7.05 Å². The fourth-order valence-corrected chi connectivity index (χ4v) is 4.58. The highest BCUT2D eigenvalue weighted by Crippen LogP contribution is 2.35. The van der Waals surface area contributed by atoms with Gasteiger partial charge in [0.25, 0.3) is 0 Å². The van der Waals surface area contributed by atoms with E-state index in [1.807, 2.05) is 59.4 Å². The van der Waals surface area contributed by atoms with Crippen molar-refractivity contribution in [2.75, 3.05) is 17.3 Å². The van der Waals surface area contributed by atoms with Crippen molar-refractivity contribution in [2.45, 2.75) is 13.0 Å². The molecule has 31 heavy (non-hydrogen) atoms. The van der Waals surface area contributed by atoms with Gasteiger partial charge in [0.05, 0.1) is 28.3 Å². The van der Waals surface area contributed by atoms with Crippen LogP contribution in [0.2, 0.25) is 5.02 Å². The third kappa shape index (κ3) is 3.58. The van der Waals surface area contributed by atoms with Crippen LogP contribution in [0.3, 0.4) is 0 Å². The Morgan fingerprint density at radius 2 is 2.06 bits per heavy atom. The number of aryl methyl sites for hydroxylation is 1. The fraction of sp³-hybridized carbons (Fsp3) is 0.182. The van der Waals surface area contributed by atoms with Crippen LogP contribution in [0.5, 0.6) is 0 Å². The molecule has 0 aliphatic carbocycles. The largest absolute Gasteiger partial charge is 0.363 e. The summed E-state index contributed by atoms with van der Waals surface area (Å²) in [4.78, 5) is 21.2. The summed E-state index contributed by atoms with van der Waals surface area (Å²) in [5.41, 5.74) is 1.78. The number of aromatic nitrogens is 5. The number of rotatable bonds is 5. The van der Waals surface area contributed by atoms with E-state index in [9.17, 15) is 0 Å². The molecule has 0 amide bonds. The van der Waals surface area contributed by atoms with Gasteiger partial charge in [0.2, 0.25) is 0 Å². The summed E-state index contributed by atoms with van der Waals surface area (Å²) in [6.07, 6.45) is 5.32. The average molecular weight is 450 g/mol. The summed E-state index contributed by atoms with van der Waals surface area (Å²) in [7, 11) is 3.91. The highest BCUT2D eigenvalue weighted by molar-refractivity contribution is 7.16. The molecule has 1 aromatic carbocycles. The van der Waals surface area contributed by atoms with Crippen molar-refractivity contribution in [3.63, 3.8) is 0 Å². The number of thiophene rings is 1. The summed E-state index contributed by atoms with van der Waals surface area (Å²) < 4.78 is 1.91. The number of nitrogens with one attached hydrogen (secondary N) is 1. The molecule has 0 saturated heterocycles. The molecule has 1 N–H and O–H groups in total. The molecule has 0 bridgehead atoms. The Labute approximate surface area is 188 Å². The Bertz CT molecular complexity index is 1390. The van der Waals surface area contributed by atoms with Gasteiger partial charge in [-0.05, 0) is 30.5 Å². The van der Waals surface area contributed by atoms with Crippen molar-refractivity contribution in [2.24, 2.45) is 7.05 Å². The molecule has 9 heteroatoms. The molecule has 0 saturated carbocycles. The molecule has 1 atom stereocenters. The van der Waals surface area contributed by atoms with E-state index < -0.39 is 0 Å². The number of nitrogens with zero attached hydrogens (tertiary/aromatic N) is 6. The fourth-order valence-electron chi connectivity index (χ4n) is 3.62. The zero-order chi connectivity index (χ0) is 21.5. The smallest absolute Gasteiger partial charge is 0.152 e. The van der Waals surface area contributed by atoms with Gasteiger partial charge in [0.15, 0.2) is 5.82 Å². The van der Waals surface area contributed by atoms with Crippen LogP contribution in [0, 0.1) is 0 Å². The van der Waals surface area contributed by atoms with Crippen molar-refractivity contribution in [1.82, 2.24) is 24.5 Å². The molecule has 4 heterocycles. The first kappa shape index (κ1) is 19.7. The summed E-state index contributed by atoms with van der Waals surface area (Å²) >= 11 is 8.06. The molecule has 7 nitrogen and oxygen atoms in total. The number of hydrogen-bond acceptors (Lipinski definition) is 7. The number of hydrogen-bond donors (Lipinski definition) is 1. The Kier molecular flexibility index (Phi) is 4.95. The van der Waals surface area contributed by atoms with Crippen LogP contribution in [-0.4, -0.2) is 31.6 Å². The predicted molar refractivity (Wildman–Crippen MR) is 127 cm³/mol. The maximum absolute atomic E-state index is 6.47. The minimum atomic E-state index is -0.0740. The molecule has 5 aromatic rings. The Hall–Kier alpha value is -3.23. The number of fused-ring (bicyclic) bond motifs is 2. The van der Waals surface area contributed by atoms with Gasteiger partial charge in [0.1, 0.15) is 22.8 Å². The number of para-hydroxylation sites is 1. The second-order valence-corrected chi connectivity index (χ2v) is 8.70. The number of anilines is 3. The molecule has 156 valence electrons. The van der Waals surface area contributed by atoms with Crippen molar-refractivity contribution in [3.8, 4) is 0 Å². The first-order valence-electron chi connectivity index (χ1n) is 9.77. The highest BCUT2D eigenvalue weighted by Gasteiger charge is 2.21. The Morgan fingerprint density at radius 3 is 2.87 bits per heavy atom. The molecular weight excluding hydrogens is 430 g/mol. The van der Waals surface area contributed by atoms with Gasteiger partial charge in [-0.2, -0.15) is 0 Å². The third-order valence-corrected chi connectivity index (χ3v) is 6.36. The Morgan fingerprint density at radius 1 is 1.19 bits per heavy atom. The van der Waals surface area contributed by atoms with Gasteiger partial charge in [-0.25, -0.2) is 19.9 Å². The topological polar surface area (TPSA) is 71.8 Å². The zero-order valence-corrected chi connectivity index (χ0v) is 18.8. The van der Waals surface area contributed by atoms with E-state index in [1.165, 1.54) is 0 Å².